The van der Waals surface area contributed by atoms with Gasteiger partial charge in [-0.15, -0.1) is 0 Å². The molecule has 0 spiro atoms. The monoisotopic (exact) mass is 472 g/mol. The van der Waals surface area contributed by atoms with Crippen molar-refractivity contribution < 1.29 is 29.0 Å². The molecule has 1 aliphatic heterocycles. The summed E-state index contributed by atoms with van der Waals surface area (Å²) in [6.45, 7) is 6.89. The topological polar surface area (TPSA) is 89.9 Å². The van der Waals surface area contributed by atoms with Gasteiger partial charge >= 0.3 is 159 Å². The van der Waals surface area contributed by atoms with Crippen LogP contribution in [0.2, 0.25) is 0 Å². The first-order valence-corrected chi connectivity index (χ1v) is 11.9. The number of carbonyl (C=O) groups is 3. The van der Waals surface area contributed by atoms with Crippen LogP contribution < -0.4 is 0 Å². The van der Waals surface area contributed by atoms with E-state index in [4.69, 9.17) is 9.47 Å². The van der Waals surface area contributed by atoms with E-state index in [0.29, 0.717) is 15.6 Å². The van der Waals surface area contributed by atoms with Crippen molar-refractivity contribution in [3.63, 3.8) is 0 Å². The number of alkyl halides is 2. The number of ether oxygens (including phenoxy) is 2. The summed E-state index contributed by atoms with van der Waals surface area (Å²) in [6.07, 6.45) is 2.91. The molecule has 1 atom stereocenters. The molecule has 0 aromatic heterocycles. The molecule has 1 aromatic rings. The number of aliphatic hydroxyl groups is 1. The zero-order chi connectivity index (χ0) is 19.1. The maximum absolute atomic E-state index is 12.6. The molecule has 0 fully saturated rings. The summed E-state index contributed by atoms with van der Waals surface area (Å²) in [7, 11) is 0. The molecule has 140 valence electrons. The molecule has 0 radical (unpaired) electrons. The fourth-order valence-electron chi connectivity index (χ4n) is 2.48. The Labute approximate surface area is 159 Å². The van der Waals surface area contributed by atoms with E-state index in [0.717, 1.165) is 0 Å². The molecule has 0 amide bonds. The standard InChI is InChI=1S/C19H21IO6/c1-3-11-25-18(23)15(19(24)26-12-4-2)9-10-20-16(21)13-7-5-6-8-14(13)17(20)22/h3-8,15-16,21H,1-2,9-12H2/t16-/m0/s1. The molecule has 7 heteroatoms. The van der Waals surface area contributed by atoms with E-state index in [1.54, 1.807) is 24.3 Å². The maximum atomic E-state index is 12.6. The van der Waals surface area contributed by atoms with E-state index in [1.165, 1.54) is 12.2 Å². The van der Waals surface area contributed by atoms with Gasteiger partial charge in [-0.25, -0.2) is 0 Å². The molecular weight excluding hydrogens is 451 g/mol. The Balaban J connectivity index is 2.07. The van der Waals surface area contributed by atoms with Crippen molar-refractivity contribution in [3.8, 4) is 0 Å². The van der Waals surface area contributed by atoms with Crippen molar-refractivity contribution >= 4 is 35.5 Å². The van der Waals surface area contributed by atoms with E-state index in [2.05, 4.69) is 13.2 Å². The van der Waals surface area contributed by atoms with Gasteiger partial charge in [0.05, 0.1) is 0 Å². The second kappa shape index (κ2) is 9.63. The van der Waals surface area contributed by atoms with E-state index >= 15 is 0 Å². The molecule has 0 bridgehead atoms. The number of fused-ring (bicyclic) bond motifs is 1. The Kier molecular flexibility index (Phi) is 7.52. The predicted molar refractivity (Wildman–Crippen MR) is 105 cm³/mol. The fraction of sp³-hybridized carbons (Fsp3) is 0.316. The number of rotatable bonds is 9. The predicted octanol–water partition coefficient (Wildman–Crippen LogP) is 2.80. The number of aliphatic hydroxyl groups excluding tert-OH is 1. The van der Waals surface area contributed by atoms with Gasteiger partial charge in [0.1, 0.15) is 0 Å². The molecule has 0 saturated heterocycles. The summed E-state index contributed by atoms with van der Waals surface area (Å²) >= 11 is -2.49. The van der Waals surface area contributed by atoms with E-state index in [1.807, 2.05) is 0 Å². The summed E-state index contributed by atoms with van der Waals surface area (Å²) < 4.78 is 9.43. The number of halogens is 1. The van der Waals surface area contributed by atoms with Crippen LogP contribution in [-0.2, 0) is 19.1 Å². The Morgan fingerprint density at radius 1 is 1.15 bits per heavy atom. The minimum absolute atomic E-state index is 0.0145. The van der Waals surface area contributed by atoms with E-state index < -0.39 is 41.8 Å². The average molecular weight is 472 g/mol. The first-order valence-electron chi connectivity index (χ1n) is 8.02. The quantitative estimate of drug-likeness (QED) is 0.149. The Bertz CT molecular complexity index is 690. The van der Waals surface area contributed by atoms with Crippen LogP contribution in [-0.4, -0.2) is 38.5 Å². The first kappa shape index (κ1) is 20.3. The van der Waals surface area contributed by atoms with E-state index in [9.17, 15) is 19.5 Å². The molecule has 26 heavy (non-hydrogen) atoms. The van der Waals surface area contributed by atoms with Gasteiger partial charge < -0.3 is 0 Å². The Morgan fingerprint density at radius 2 is 1.73 bits per heavy atom. The van der Waals surface area contributed by atoms with Gasteiger partial charge in [0, 0.05) is 0 Å². The van der Waals surface area contributed by atoms with Gasteiger partial charge in [0.2, 0.25) is 0 Å². The van der Waals surface area contributed by atoms with Crippen LogP contribution in [0.5, 0.6) is 0 Å². The van der Waals surface area contributed by atoms with Crippen molar-refractivity contribution in [2.75, 3.05) is 17.6 Å². The molecule has 0 aliphatic carbocycles. The Hall–Kier alpha value is -2.00. The van der Waals surface area contributed by atoms with E-state index in [-0.39, 0.29) is 23.4 Å². The zero-order valence-electron chi connectivity index (χ0n) is 14.2. The van der Waals surface area contributed by atoms with Crippen LogP contribution in [0.25, 0.3) is 0 Å². The summed E-state index contributed by atoms with van der Waals surface area (Å²) in [4.78, 5) is 36.9. The van der Waals surface area contributed by atoms with Gasteiger partial charge in [-0.1, -0.05) is 0 Å². The van der Waals surface area contributed by atoms with Gasteiger partial charge in [0.15, 0.2) is 0 Å². The third-order valence-electron chi connectivity index (χ3n) is 3.76. The minimum atomic E-state index is -2.49. The van der Waals surface area contributed by atoms with Crippen molar-refractivity contribution in [2.45, 2.75) is 10.5 Å². The van der Waals surface area contributed by atoms with Gasteiger partial charge in [0.25, 0.3) is 0 Å². The van der Waals surface area contributed by atoms with Crippen molar-refractivity contribution in [1.29, 1.82) is 0 Å². The molecule has 0 unspecified atom stereocenters. The molecule has 1 heterocycles. The number of hydrogen-bond donors (Lipinski definition) is 1. The van der Waals surface area contributed by atoms with Crippen LogP contribution >= 0.6 is 19.8 Å². The van der Waals surface area contributed by atoms with Crippen LogP contribution in [0.3, 0.4) is 0 Å². The number of benzene rings is 1. The molecule has 6 nitrogen and oxygen atoms in total. The molecule has 1 aliphatic rings. The van der Waals surface area contributed by atoms with Crippen LogP contribution in [0.15, 0.2) is 49.6 Å². The molecule has 1 aromatic carbocycles. The third-order valence-corrected chi connectivity index (χ3v) is 9.48. The SMILES string of the molecule is C=CCOC(=O)C(CCI1C(=O)c2ccccc2[C@@H]1O)C(=O)OCC=C. The van der Waals surface area contributed by atoms with Crippen LogP contribution in [0.4, 0.5) is 0 Å². The van der Waals surface area contributed by atoms with Crippen molar-refractivity contribution in [2.24, 2.45) is 5.92 Å². The van der Waals surface area contributed by atoms with Crippen molar-refractivity contribution in [1.82, 2.24) is 0 Å². The average Bonchev–Trinajstić information content (AvgIpc) is 2.89. The Morgan fingerprint density at radius 3 is 2.27 bits per heavy atom. The second-order valence-electron chi connectivity index (χ2n) is 5.46. The van der Waals surface area contributed by atoms with Crippen molar-refractivity contribution in [3.05, 3.63) is 60.7 Å². The summed E-state index contributed by atoms with van der Waals surface area (Å²) in [6, 6.07) is 6.97. The normalized spacial score (nSPS) is 16.9. The van der Waals surface area contributed by atoms with Crippen LogP contribution in [0.1, 0.15) is 26.5 Å². The molecule has 2 rings (SSSR count). The molecular formula is C19H21IO6. The van der Waals surface area contributed by atoms with Gasteiger partial charge in [-0.05, 0) is 0 Å². The summed E-state index contributed by atoms with van der Waals surface area (Å²) in [5, 5.41) is 10.5. The first-order chi connectivity index (χ1) is 12.5. The second-order valence-corrected chi connectivity index (χ2v) is 11.0. The van der Waals surface area contributed by atoms with Gasteiger partial charge in [-0.3, -0.25) is 0 Å². The molecule has 1 N–H and O–H groups in total. The van der Waals surface area contributed by atoms with Crippen LogP contribution in [0, 0.1) is 5.92 Å². The zero-order valence-corrected chi connectivity index (χ0v) is 16.4. The number of carbonyl (C=O) groups excluding carboxylic acids is 3. The summed E-state index contributed by atoms with van der Waals surface area (Å²) in [5.41, 5.74) is 1.19. The summed E-state index contributed by atoms with van der Waals surface area (Å²) in [5.74, 6) is -2.56. The third kappa shape index (κ3) is 4.59. The van der Waals surface area contributed by atoms with Gasteiger partial charge in [-0.2, -0.15) is 0 Å². The molecule has 0 saturated carbocycles. The number of esters is 2. The fourth-order valence-corrected chi connectivity index (χ4v) is 7.98. The number of hydrogen-bond acceptors (Lipinski definition) is 6.